The Morgan fingerprint density at radius 1 is 0.824 bits per heavy atom. The number of rotatable bonds is 2. The zero-order valence-electron chi connectivity index (χ0n) is 10.2. The Morgan fingerprint density at radius 2 is 1.59 bits per heavy atom. The molecule has 3 rings (SSSR count). The van der Waals surface area contributed by atoms with Crippen molar-refractivity contribution in [1.29, 1.82) is 0 Å². The third kappa shape index (κ3) is 2.50. The van der Waals surface area contributed by atoms with E-state index < -0.39 is 0 Å². The first kappa shape index (κ1) is 10.8. The second-order valence-corrected chi connectivity index (χ2v) is 5.02. The Hall–Kier alpha value is -1.34. The lowest BCUT2D eigenvalue weighted by molar-refractivity contribution is 0.221. The summed E-state index contributed by atoms with van der Waals surface area (Å²) in [6, 6.07) is 15.5. The lowest BCUT2D eigenvalue weighted by Crippen LogP contribution is -2.29. The molecule has 0 amide bonds. The van der Waals surface area contributed by atoms with Crippen LogP contribution >= 0.6 is 0 Å². The highest BCUT2D eigenvalue weighted by molar-refractivity contribution is 5.82. The maximum absolute atomic E-state index is 2.58. The van der Waals surface area contributed by atoms with E-state index in [9.17, 15) is 0 Å². The largest absolute Gasteiger partial charge is 0.299 e. The van der Waals surface area contributed by atoms with Gasteiger partial charge in [0.15, 0.2) is 0 Å². The molecule has 0 radical (unpaired) electrons. The first-order chi connectivity index (χ1) is 8.42. The molecule has 0 bridgehead atoms. The Balaban J connectivity index is 1.80. The highest BCUT2D eigenvalue weighted by Crippen LogP contribution is 2.18. The third-order valence-corrected chi connectivity index (χ3v) is 3.67. The summed E-state index contributed by atoms with van der Waals surface area (Å²) in [5.41, 5.74) is 1.45. The van der Waals surface area contributed by atoms with Crippen LogP contribution < -0.4 is 0 Å². The second kappa shape index (κ2) is 4.89. The van der Waals surface area contributed by atoms with Crippen molar-refractivity contribution in [1.82, 2.24) is 4.90 Å². The average Bonchev–Trinajstić information content (AvgIpc) is 2.40. The van der Waals surface area contributed by atoms with Crippen LogP contribution in [-0.4, -0.2) is 18.0 Å². The minimum Gasteiger partial charge on any atom is -0.299 e. The SMILES string of the molecule is c1ccc2cc(CN3CCCCC3)ccc2c1. The fraction of sp³-hybridized carbons (Fsp3) is 0.375. The van der Waals surface area contributed by atoms with Crippen molar-refractivity contribution in [3.8, 4) is 0 Å². The molecule has 0 aliphatic carbocycles. The van der Waals surface area contributed by atoms with Gasteiger partial charge in [0.2, 0.25) is 0 Å². The molecule has 0 unspecified atom stereocenters. The highest BCUT2D eigenvalue weighted by atomic mass is 15.1. The molecule has 1 heterocycles. The van der Waals surface area contributed by atoms with Crippen molar-refractivity contribution >= 4 is 10.8 Å². The summed E-state index contributed by atoms with van der Waals surface area (Å²) >= 11 is 0. The van der Waals surface area contributed by atoms with E-state index in [1.165, 1.54) is 48.7 Å². The van der Waals surface area contributed by atoms with Gasteiger partial charge in [-0.25, -0.2) is 0 Å². The van der Waals surface area contributed by atoms with E-state index in [-0.39, 0.29) is 0 Å². The molecular weight excluding hydrogens is 206 g/mol. The number of hydrogen-bond donors (Lipinski definition) is 0. The molecule has 0 N–H and O–H groups in total. The summed E-state index contributed by atoms with van der Waals surface area (Å²) < 4.78 is 0. The Labute approximate surface area is 103 Å². The molecule has 1 aliphatic rings. The smallest absolute Gasteiger partial charge is 0.0233 e. The van der Waals surface area contributed by atoms with Gasteiger partial charge in [-0.05, 0) is 48.3 Å². The van der Waals surface area contributed by atoms with Crippen LogP contribution in [0.25, 0.3) is 10.8 Å². The zero-order valence-corrected chi connectivity index (χ0v) is 10.2. The van der Waals surface area contributed by atoms with Gasteiger partial charge in [0, 0.05) is 6.54 Å². The highest BCUT2D eigenvalue weighted by Gasteiger charge is 2.10. The van der Waals surface area contributed by atoms with Crippen LogP contribution in [0, 0.1) is 0 Å². The standard InChI is InChI=1S/C16H19N/c1-4-10-17(11-5-1)13-14-8-9-15-6-2-3-7-16(15)12-14/h2-3,6-9,12H,1,4-5,10-11,13H2. The van der Waals surface area contributed by atoms with Crippen molar-refractivity contribution in [3.63, 3.8) is 0 Å². The number of fused-ring (bicyclic) bond motifs is 1. The molecule has 2 aromatic carbocycles. The molecule has 88 valence electrons. The summed E-state index contributed by atoms with van der Waals surface area (Å²) in [4.78, 5) is 2.58. The number of nitrogens with zero attached hydrogens (tertiary/aromatic N) is 1. The summed E-state index contributed by atoms with van der Waals surface area (Å²) in [7, 11) is 0. The molecule has 0 spiro atoms. The average molecular weight is 225 g/mol. The van der Waals surface area contributed by atoms with Crippen molar-refractivity contribution in [3.05, 3.63) is 48.0 Å². The number of benzene rings is 2. The lowest BCUT2D eigenvalue weighted by atomic mass is 10.1. The summed E-state index contributed by atoms with van der Waals surface area (Å²) in [5, 5.41) is 2.71. The predicted molar refractivity (Wildman–Crippen MR) is 73.1 cm³/mol. The molecule has 1 aliphatic heterocycles. The molecular formula is C16H19N. The molecule has 1 fully saturated rings. The Kier molecular flexibility index (Phi) is 3.10. The van der Waals surface area contributed by atoms with Crippen molar-refractivity contribution in [2.24, 2.45) is 0 Å². The quantitative estimate of drug-likeness (QED) is 0.751. The normalized spacial score (nSPS) is 17.4. The van der Waals surface area contributed by atoms with E-state index in [1.807, 2.05) is 0 Å². The van der Waals surface area contributed by atoms with Crippen molar-refractivity contribution < 1.29 is 0 Å². The fourth-order valence-electron chi connectivity index (χ4n) is 2.71. The van der Waals surface area contributed by atoms with E-state index in [0.29, 0.717) is 0 Å². The molecule has 1 saturated heterocycles. The van der Waals surface area contributed by atoms with Gasteiger partial charge in [-0.1, -0.05) is 42.8 Å². The van der Waals surface area contributed by atoms with Crippen LogP contribution in [0.3, 0.4) is 0 Å². The molecule has 1 heteroatoms. The van der Waals surface area contributed by atoms with E-state index >= 15 is 0 Å². The zero-order chi connectivity index (χ0) is 11.5. The maximum Gasteiger partial charge on any atom is 0.0233 e. The summed E-state index contributed by atoms with van der Waals surface area (Å²) in [6.07, 6.45) is 4.15. The lowest BCUT2D eigenvalue weighted by Gasteiger charge is -2.26. The first-order valence-corrected chi connectivity index (χ1v) is 6.62. The van der Waals surface area contributed by atoms with E-state index in [1.54, 1.807) is 0 Å². The van der Waals surface area contributed by atoms with Gasteiger partial charge in [0.05, 0.1) is 0 Å². The Morgan fingerprint density at radius 3 is 2.41 bits per heavy atom. The maximum atomic E-state index is 2.58. The van der Waals surface area contributed by atoms with Gasteiger partial charge < -0.3 is 0 Å². The summed E-state index contributed by atoms with van der Waals surface area (Å²) in [6.45, 7) is 3.66. The second-order valence-electron chi connectivity index (χ2n) is 5.02. The number of piperidine rings is 1. The van der Waals surface area contributed by atoms with Crippen LogP contribution in [0.5, 0.6) is 0 Å². The Bertz CT molecular complexity index is 498. The molecule has 2 aromatic rings. The van der Waals surface area contributed by atoms with Gasteiger partial charge in [-0.3, -0.25) is 4.90 Å². The van der Waals surface area contributed by atoms with Crippen molar-refractivity contribution in [2.45, 2.75) is 25.8 Å². The molecule has 17 heavy (non-hydrogen) atoms. The van der Waals surface area contributed by atoms with Gasteiger partial charge in [-0.15, -0.1) is 0 Å². The monoisotopic (exact) mass is 225 g/mol. The van der Waals surface area contributed by atoms with E-state index in [2.05, 4.69) is 47.4 Å². The minimum atomic E-state index is 1.12. The first-order valence-electron chi connectivity index (χ1n) is 6.62. The van der Waals surface area contributed by atoms with Gasteiger partial charge in [-0.2, -0.15) is 0 Å². The van der Waals surface area contributed by atoms with Gasteiger partial charge in [0.1, 0.15) is 0 Å². The van der Waals surface area contributed by atoms with E-state index in [4.69, 9.17) is 0 Å². The molecule has 1 nitrogen and oxygen atoms in total. The van der Waals surface area contributed by atoms with Crippen LogP contribution in [0.4, 0.5) is 0 Å². The molecule has 0 aromatic heterocycles. The van der Waals surface area contributed by atoms with Crippen molar-refractivity contribution in [2.75, 3.05) is 13.1 Å². The molecule has 0 saturated carbocycles. The third-order valence-electron chi connectivity index (χ3n) is 3.67. The van der Waals surface area contributed by atoms with Crippen LogP contribution in [0.15, 0.2) is 42.5 Å². The minimum absolute atomic E-state index is 1.12. The van der Waals surface area contributed by atoms with Crippen LogP contribution in [-0.2, 0) is 6.54 Å². The van der Waals surface area contributed by atoms with Crippen LogP contribution in [0.1, 0.15) is 24.8 Å². The fourth-order valence-corrected chi connectivity index (χ4v) is 2.71. The predicted octanol–water partition coefficient (Wildman–Crippen LogP) is 3.83. The topological polar surface area (TPSA) is 3.24 Å². The van der Waals surface area contributed by atoms with Gasteiger partial charge in [0.25, 0.3) is 0 Å². The number of likely N-dealkylation sites (tertiary alicyclic amines) is 1. The van der Waals surface area contributed by atoms with E-state index in [0.717, 1.165) is 6.54 Å². The summed E-state index contributed by atoms with van der Waals surface area (Å²) in [5.74, 6) is 0. The number of hydrogen-bond acceptors (Lipinski definition) is 1. The van der Waals surface area contributed by atoms with Crippen LogP contribution in [0.2, 0.25) is 0 Å². The molecule has 0 atom stereocenters. The van der Waals surface area contributed by atoms with Gasteiger partial charge >= 0.3 is 0 Å².